The molecule has 1 unspecified atom stereocenters. The van der Waals surface area contributed by atoms with E-state index in [2.05, 4.69) is 20.4 Å². The summed E-state index contributed by atoms with van der Waals surface area (Å²) >= 11 is 0. The fraction of sp³-hybridized carbons (Fsp3) is 0.462. The lowest BCUT2D eigenvalue weighted by molar-refractivity contribution is 0.454. The van der Waals surface area contributed by atoms with Gasteiger partial charge in [0.25, 0.3) is 0 Å². The third-order valence-electron chi connectivity index (χ3n) is 3.39. The van der Waals surface area contributed by atoms with Gasteiger partial charge in [-0.3, -0.25) is 14.6 Å². The molecule has 1 aliphatic rings. The number of hydrogen-bond donors (Lipinski definition) is 1. The summed E-state index contributed by atoms with van der Waals surface area (Å²) in [5.41, 5.74) is 2.99. The van der Waals surface area contributed by atoms with E-state index in [0.29, 0.717) is 5.92 Å². The van der Waals surface area contributed by atoms with Crippen LogP contribution in [0.2, 0.25) is 0 Å². The number of rotatable bonds is 2. The molecule has 18 heavy (non-hydrogen) atoms. The van der Waals surface area contributed by atoms with Crippen molar-refractivity contribution in [2.45, 2.75) is 18.8 Å². The molecule has 0 radical (unpaired) electrons. The molecule has 3 rings (SSSR count). The van der Waals surface area contributed by atoms with Crippen LogP contribution < -0.4 is 5.32 Å². The monoisotopic (exact) mass is 243 g/mol. The van der Waals surface area contributed by atoms with Gasteiger partial charge in [0.1, 0.15) is 0 Å². The smallest absolute Gasteiger partial charge is 0.0916 e. The second-order valence-corrected chi connectivity index (χ2v) is 4.77. The Balaban J connectivity index is 1.80. The minimum Gasteiger partial charge on any atom is -0.316 e. The van der Waals surface area contributed by atoms with Crippen LogP contribution >= 0.6 is 0 Å². The van der Waals surface area contributed by atoms with Crippen LogP contribution in [0.25, 0.3) is 11.3 Å². The van der Waals surface area contributed by atoms with E-state index in [1.165, 1.54) is 12.8 Å². The molecule has 1 atom stereocenters. The quantitative estimate of drug-likeness (QED) is 0.865. The maximum absolute atomic E-state index is 4.55. The van der Waals surface area contributed by atoms with Crippen LogP contribution in [0.5, 0.6) is 0 Å². The normalized spacial score (nSPS) is 19.9. The van der Waals surface area contributed by atoms with Crippen LogP contribution in [0.15, 0.2) is 24.8 Å². The molecule has 0 aliphatic carbocycles. The van der Waals surface area contributed by atoms with Gasteiger partial charge < -0.3 is 5.32 Å². The van der Waals surface area contributed by atoms with E-state index in [4.69, 9.17) is 0 Å². The first-order valence-corrected chi connectivity index (χ1v) is 6.34. The summed E-state index contributed by atoms with van der Waals surface area (Å²) in [7, 11) is 1.90. The van der Waals surface area contributed by atoms with Gasteiger partial charge in [-0.2, -0.15) is 5.10 Å². The van der Waals surface area contributed by atoms with Gasteiger partial charge >= 0.3 is 0 Å². The van der Waals surface area contributed by atoms with Crippen molar-refractivity contribution in [3.8, 4) is 11.3 Å². The summed E-state index contributed by atoms with van der Waals surface area (Å²) in [5.74, 6) is 0.509. The molecule has 1 fully saturated rings. The van der Waals surface area contributed by atoms with Gasteiger partial charge in [0.2, 0.25) is 0 Å². The average molecular weight is 243 g/mol. The number of nitrogens with one attached hydrogen (secondary N) is 1. The summed E-state index contributed by atoms with van der Waals surface area (Å²) < 4.78 is 1.77. The molecule has 2 aromatic rings. The Morgan fingerprint density at radius 1 is 1.28 bits per heavy atom. The molecule has 0 amide bonds. The van der Waals surface area contributed by atoms with Gasteiger partial charge in [-0.15, -0.1) is 0 Å². The van der Waals surface area contributed by atoms with Crippen LogP contribution in [0.3, 0.4) is 0 Å². The van der Waals surface area contributed by atoms with Crippen molar-refractivity contribution in [1.82, 2.24) is 25.1 Å². The van der Waals surface area contributed by atoms with Gasteiger partial charge in [-0.1, -0.05) is 0 Å². The molecular weight excluding hydrogens is 226 g/mol. The molecule has 3 heterocycles. The van der Waals surface area contributed by atoms with Crippen LogP contribution in [-0.2, 0) is 7.05 Å². The Morgan fingerprint density at radius 3 is 2.83 bits per heavy atom. The summed E-state index contributed by atoms with van der Waals surface area (Å²) in [4.78, 5) is 9.04. The van der Waals surface area contributed by atoms with Crippen molar-refractivity contribution < 1.29 is 0 Å². The molecule has 1 aliphatic heterocycles. The van der Waals surface area contributed by atoms with Crippen molar-refractivity contribution in [3.63, 3.8) is 0 Å². The van der Waals surface area contributed by atoms with Gasteiger partial charge in [0.05, 0.1) is 23.8 Å². The Labute approximate surface area is 106 Å². The standard InChI is InChI=1S/C13H17N5/c1-18-9-11(6-17-18)13-8-15-12(7-16-13)10-3-2-4-14-5-10/h6-10,14H,2-5H2,1H3. The number of nitrogens with zero attached hydrogens (tertiary/aromatic N) is 4. The van der Waals surface area contributed by atoms with Crippen molar-refractivity contribution in [2.75, 3.05) is 13.1 Å². The average Bonchev–Trinajstić information content (AvgIpc) is 2.87. The Bertz CT molecular complexity index is 510. The Kier molecular flexibility index (Phi) is 3.06. The molecule has 1 saturated heterocycles. The van der Waals surface area contributed by atoms with E-state index < -0.39 is 0 Å². The molecule has 0 bridgehead atoms. The second-order valence-electron chi connectivity index (χ2n) is 4.77. The van der Waals surface area contributed by atoms with Crippen LogP contribution in [-0.4, -0.2) is 32.8 Å². The SMILES string of the molecule is Cn1cc(-c2cnc(C3CCCNC3)cn2)cn1. The Morgan fingerprint density at radius 2 is 2.22 bits per heavy atom. The maximum Gasteiger partial charge on any atom is 0.0916 e. The zero-order valence-corrected chi connectivity index (χ0v) is 10.5. The summed E-state index contributed by atoms with van der Waals surface area (Å²) in [6.07, 6.45) is 9.93. The number of piperidine rings is 1. The zero-order chi connectivity index (χ0) is 12.4. The summed E-state index contributed by atoms with van der Waals surface area (Å²) in [6.45, 7) is 2.14. The second kappa shape index (κ2) is 4.86. The van der Waals surface area contributed by atoms with Crippen molar-refractivity contribution in [2.24, 2.45) is 7.05 Å². The highest BCUT2D eigenvalue weighted by molar-refractivity contribution is 5.55. The topological polar surface area (TPSA) is 55.6 Å². The minimum atomic E-state index is 0.509. The Hall–Kier alpha value is -1.75. The first-order valence-electron chi connectivity index (χ1n) is 6.34. The minimum absolute atomic E-state index is 0.509. The predicted molar refractivity (Wildman–Crippen MR) is 69.1 cm³/mol. The molecule has 2 aromatic heterocycles. The molecule has 94 valence electrons. The lowest BCUT2D eigenvalue weighted by atomic mass is 9.96. The van der Waals surface area contributed by atoms with Gasteiger partial charge in [0.15, 0.2) is 0 Å². The lowest BCUT2D eigenvalue weighted by Gasteiger charge is -2.21. The molecule has 5 nitrogen and oxygen atoms in total. The van der Waals surface area contributed by atoms with Crippen LogP contribution in [0, 0.1) is 0 Å². The number of aryl methyl sites for hydroxylation is 1. The van der Waals surface area contributed by atoms with Gasteiger partial charge in [-0.05, 0) is 19.4 Å². The van der Waals surface area contributed by atoms with Crippen molar-refractivity contribution >= 4 is 0 Å². The van der Waals surface area contributed by atoms with Crippen molar-refractivity contribution in [3.05, 3.63) is 30.5 Å². The highest BCUT2D eigenvalue weighted by atomic mass is 15.2. The molecule has 5 heteroatoms. The highest BCUT2D eigenvalue weighted by Crippen LogP contribution is 2.22. The van der Waals surface area contributed by atoms with Crippen LogP contribution in [0.1, 0.15) is 24.5 Å². The third kappa shape index (κ3) is 2.26. The first kappa shape index (κ1) is 11.3. The fourth-order valence-corrected chi connectivity index (χ4v) is 2.36. The molecule has 0 aromatic carbocycles. The van der Waals surface area contributed by atoms with E-state index >= 15 is 0 Å². The van der Waals surface area contributed by atoms with E-state index in [0.717, 1.165) is 30.0 Å². The van der Waals surface area contributed by atoms with E-state index in [1.54, 1.807) is 4.68 Å². The largest absolute Gasteiger partial charge is 0.316 e. The van der Waals surface area contributed by atoms with Crippen molar-refractivity contribution in [1.29, 1.82) is 0 Å². The van der Waals surface area contributed by atoms with Gasteiger partial charge in [-0.25, -0.2) is 0 Å². The maximum atomic E-state index is 4.55. The summed E-state index contributed by atoms with van der Waals surface area (Å²) in [6, 6.07) is 0. The molecule has 0 spiro atoms. The number of aromatic nitrogens is 4. The van der Waals surface area contributed by atoms with E-state index in [9.17, 15) is 0 Å². The predicted octanol–water partition coefficient (Wildman–Crippen LogP) is 1.34. The lowest BCUT2D eigenvalue weighted by Crippen LogP contribution is -2.28. The fourth-order valence-electron chi connectivity index (χ4n) is 2.36. The van der Waals surface area contributed by atoms with E-state index in [-0.39, 0.29) is 0 Å². The molecule has 0 saturated carbocycles. The number of hydrogen-bond acceptors (Lipinski definition) is 4. The van der Waals surface area contributed by atoms with E-state index in [1.807, 2.05) is 31.8 Å². The van der Waals surface area contributed by atoms with Crippen LogP contribution in [0.4, 0.5) is 0 Å². The van der Waals surface area contributed by atoms with Gasteiger partial charge in [0, 0.05) is 37.5 Å². The summed E-state index contributed by atoms with van der Waals surface area (Å²) in [5, 5.41) is 7.55. The molecule has 1 N–H and O–H groups in total. The highest BCUT2D eigenvalue weighted by Gasteiger charge is 2.16. The zero-order valence-electron chi connectivity index (χ0n) is 10.5. The first-order chi connectivity index (χ1) is 8.83. The molecular formula is C13H17N5. The third-order valence-corrected chi connectivity index (χ3v) is 3.39.